The Morgan fingerprint density at radius 3 is 2.17 bits per heavy atom. The van der Waals surface area contributed by atoms with E-state index in [9.17, 15) is 13.2 Å². The first-order valence-corrected chi connectivity index (χ1v) is 10.8. The summed E-state index contributed by atoms with van der Waals surface area (Å²) in [5.74, 6) is 1.10. The van der Waals surface area contributed by atoms with Crippen LogP contribution in [0.15, 0.2) is 47.4 Å². The number of hydrogen-bond donors (Lipinski definition) is 0. The summed E-state index contributed by atoms with van der Waals surface area (Å²) in [6.07, 6.45) is 0. The fourth-order valence-corrected chi connectivity index (χ4v) is 3.70. The summed E-state index contributed by atoms with van der Waals surface area (Å²) >= 11 is 0. The van der Waals surface area contributed by atoms with E-state index in [4.69, 9.17) is 9.47 Å². The number of nitrogens with zero attached hydrogens (tertiary/aromatic N) is 2. The molecule has 29 heavy (non-hydrogen) atoms. The van der Waals surface area contributed by atoms with Crippen LogP contribution in [0.5, 0.6) is 11.5 Å². The number of methoxy groups -OCH3 is 1. The number of amides is 1. The third-order valence-corrected chi connectivity index (χ3v) is 6.28. The Morgan fingerprint density at radius 1 is 1.00 bits per heavy atom. The topological polar surface area (TPSA) is 76.2 Å². The number of rotatable bonds is 9. The average molecular weight is 421 g/mol. The third kappa shape index (κ3) is 5.27. The molecule has 0 N–H and O–H groups in total. The predicted molar refractivity (Wildman–Crippen MR) is 112 cm³/mol. The lowest BCUT2D eigenvalue weighted by Crippen LogP contribution is -2.30. The molecule has 0 spiro atoms. The van der Waals surface area contributed by atoms with Crippen LogP contribution in [0.2, 0.25) is 0 Å². The van der Waals surface area contributed by atoms with Gasteiger partial charge in [-0.15, -0.1) is 0 Å². The van der Waals surface area contributed by atoms with Crippen molar-refractivity contribution in [3.8, 4) is 11.5 Å². The van der Waals surface area contributed by atoms with Crippen molar-refractivity contribution in [2.75, 3.05) is 34.4 Å². The van der Waals surface area contributed by atoms with Crippen molar-refractivity contribution in [1.82, 2.24) is 9.21 Å². The van der Waals surface area contributed by atoms with E-state index in [1.54, 1.807) is 24.1 Å². The SMILES string of the molecule is CCOc1ccc(CN(CC)C(=O)c2ccc(S(=O)(=O)N(C)C)cc2)cc1OC. The Labute approximate surface area is 172 Å². The molecule has 7 nitrogen and oxygen atoms in total. The van der Waals surface area contributed by atoms with E-state index in [0.717, 1.165) is 9.87 Å². The van der Waals surface area contributed by atoms with Crippen molar-refractivity contribution in [2.45, 2.75) is 25.3 Å². The molecule has 0 heterocycles. The number of carbonyl (C=O) groups is 1. The van der Waals surface area contributed by atoms with Crippen LogP contribution in [0.1, 0.15) is 29.8 Å². The molecule has 158 valence electrons. The van der Waals surface area contributed by atoms with Crippen molar-refractivity contribution in [2.24, 2.45) is 0 Å². The summed E-state index contributed by atoms with van der Waals surface area (Å²) in [4.78, 5) is 14.7. The first-order valence-electron chi connectivity index (χ1n) is 9.36. The van der Waals surface area contributed by atoms with Crippen molar-refractivity contribution < 1.29 is 22.7 Å². The highest BCUT2D eigenvalue weighted by Crippen LogP contribution is 2.28. The number of ether oxygens (including phenoxy) is 2. The molecule has 0 unspecified atom stereocenters. The van der Waals surface area contributed by atoms with Crippen LogP contribution < -0.4 is 9.47 Å². The lowest BCUT2D eigenvalue weighted by molar-refractivity contribution is 0.0752. The summed E-state index contributed by atoms with van der Waals surface area (Å²) in [6.45, 7) is 5.24. The van der Waals surface area contributed by atoms with E-state index in [2.05, 4.69) is 0 Å². The molecule has 2 aromatic carbocycles. The minimum atomic E-state index is -3.53. The van der Waals surface area contributed by atoms with Gasteiger partial charge in [-0.05, 0) is 55.8 Å². The standard InChI is InChI=1S/C21H28N2O5S/c1-6-23(15-16-8-13-19(28-7-2)20(14-16)27-5)21(24)17-9-11-18(12-10-17)29(25,26)22(3)4/h8-14H,6-7,15H2,1-5H3. The fraction of sp³-hybridized carbons (Fsp3) is 0.381. The maximum atomic E-state index is 12.9. The van der Waals surface area contributed by atoms with Crippen LogP contribution in [0.3, 0.4) is 0 Å². The van der Waals surface area contributed by atoms with Crippen molar-refractivity contribution in [3.05, 3.63) is 53.6 Å². The monoisotopic (exact) mass is 420 g/mol. The molecule has 0 aromatic heterocycles. The van der Waals surface area contributed by atoms with Gasteiger partial charge in [0.1, 0.15) is 0 Å². The largest absolute Gasteiger partial charge is 0.493 e. The lowest BCUT2D eigenvalue weighted by Gasteiger charge is -2.22. The van der Waals surface area contributed by atoms with Gasteiger partial charge in [0.15, 0.2) is 11.5 Å². The zero-order valence-corrected chi connectivity index (χ0v) is 18.3. The van der Waals surface area contributed by atoms with Gasteiger partial charge in [-0.25, -0.2) is 12.7 Å². The van der Waals surface area contributed by atoms with Crippen molar-refractivity contribution in [3.63, 3.8) is 0 Å². The smallest absolute Gasteiger partial charge is 0.254 e. The van der Waals surface area contributed by atoms with Crippen molar-refractivity contribution in [1.29, 1.82) is 0 Å². The summed E-state index contributed by atoms with van der Waals surface area (Å²) in [7, 11) is 0.991. The van der Waals surface area contributed by atoms with E-state index < -0.39 is 10.0 Å². The molecular formula is C21H28N2O5S. The highest BCUT2D eigenvalue weighted by molar-refractivity contribution is 7.89. The molecule has 0 atom stereocenters. The van der Waals surface area contributed by atoms with Gasteiger partial charge < -0.3 is 14.4 Å². The molecule has 0 saturated carbocycles. The second-order valence-electron chi connectivity index (χ2n) is 6.55. The molecule has 8 heteroatoms. The van der Waals surface area contributed by atoms with E-state index in [0.29, 0.717) is 36.8 Å². The molecule has 2 aromatic rings. The van der Waals surface area contributed by atoms with Crippen LogP contribution in [-0.4, -0.2) is 57.9 Å². The van der Waals surface area contributed by atoms with Crippen LogP contribution >= 0.6 is 0 Å². The van der Waals surface area contributed by atoms with Gasteiger partial charge in [-0.1, -0.05) is 6.07 Å². The Kier molecular flexibility index (Phi) is 7.64. The normalized spacial score (nSPS) is 11.4. The Morgan fingerprint density at radius 2 is 1.66 bits per heavy atom. The number of hydrogen-bond acceptors (Lipinski definition) is 5. The Balaban J connectivity index is 2.21. The maximum absolute atomic E-state index is 12.9. The quantitative estimate of drug-likeness (QED) is 0.623. The zero-order valence-electron chi connectivity index (χ0n) is 17.5. The molecule has 0 radical (unpaired) electrons. The molecule has 0 aliphatic heterocycles. The average Bonchev–Trinajstić information content (AvgIpc) is 2.72. The van der Waals surface area contributed by atoms with Crippen LogP contribution in [-0.2, 0) is 16.6 Å². The third-order valence-electron chi connectivity index (χ3n) is 4.45. The van der Waals surface area contributed by atoms with Gasteiger partial charge in [0, 0.05) is 32.7 Å². The Bertz CT molecular complexity index is 940. The molecular weight excluding hydrogens is 392 g/mol. The molecule has 2 rings (SSSR count). The second kappa shape index (κ2) is 9.76. The zero-order chi connectivity index (χ0) is 21.6. The lowest BCUT2D eigenvalue weighted by atomic mass is 10.1. The number of sulfonamides is 1. The van der Waals surface area contributed by atoms with E-state index >= 15 is 0 Å². The molecule has 0 fully saturated rings. The Hall–Kier alpha value is -2.58. The first kappa shape index (κ1) is 22.7. The molecule has 1 amide bonds. The fourth-order valence-electron chi connectivity index (χ4n) is 2.80. The summed E-state index contributed by atoms with van der Waals surface area (Å²) in [6, 6.07) is 11.6. The summed E-state index contributed by atoms with van der Waals surface area (Å²) in [5.41, 5.74) is 1.34. The van der Waals surface area contributed by atoms with Gasteiger partial charge >= 0.3 is 0 Å². The van der Waals surface area contributed by atoms with E-state index in [-0.39, 0.29) is 10.8 Å². The second-order valence-corrected chi connectivity index (χ2v) is 8.70. The van der Waals surface area contributed by atoms with Gasteiger partial charge in [-0.3, -0.25) is 4.79 Å². The van der Waals surface area contributed by atoms with Gasteiger partial charge in [-0.2, -0.15) is 0 Å². The highest BCUT2D eigenvalue weighted by atomic mass is 32.2. The molecule has 0 bridgehead atoms. The summed E-state index contributed by atoms with van der Waals surface area (Å²) in [5, 5.41) is 0. The highest BCUT2D eigenvalue weighted by Gasteiger charge is 2.20. The number of carbonyl (C=O) groups excluding carboxylic acids is 1. The van der Waals surface area contributed by atoms with Crippen LogP contribution in [0.4, 0.5) is 0 Å². The van der Waals surface area contributed by atoms with Gasteiger partial charge in [0.05, 0.1) is 18.6 Å². The first-order chi connectivity index (χ1) is 13.7. The predicted octanol–water partition coefficient (Wildman–Crippen LogP) is 3.01. The van der Waals surface area contributed by atoms with Gasteiger partial charge in [0.2, 0.25) is 10.0 Å². The van der Waals surface area contributed by atoms with Crippen molar-refractivity contribution >= 4 is 15.9 Å². The summed E-state index contributed by atoms with van der Waals surface area (Å²) < 4.78 is 36.4. The minimum absolute atomic E-state index is 0.151. The molecule has 0 aliphatic rings. The van der Waals surface area contributed by atoms with Crippen LogP contribution in [0, 0.1) is 0 Å². The van der Waals surface area contributed by atoms with Crippen LogP contribution in [0.25, 0.3) is 0 Å². The van der Waals surface area contributed by atoms with E-state index in [1.807, 2.05) is 32.0 Å². The van der Waals surface area contributed by atoms with E-state index in [1.165, 1.54) is 26.2 Å². The maximum Gasteiger partial charge on any atom is 0.254 e. The minimum Gasteiger partial charge on any atom is -0.493 e. The molecule has 0 saturated heterocycles. The number of benzene rings is 2. The molecule has 0 aliphatic carbocycles. The van der Waals surface area contributed by atoms with Gasteiger partial charge in [0.25, 0.3) is 5.91 Å².